The Labute approximate surface area is 106 Å². The van der Waals surface area contributed by atoms with Crippen LogP contribution in [0.5, 0.6) is 0 Å². The number of carboxylic acids is 3. The van der Waals surface area contributed by atoms with Gasteiger partial charge in [0.25, 0.3) is 0 Å². The molecule has 4 N–H and O–H groups in total. The molecule has 1 aliphatic rings. The number of allylic oxidation sites excluding steroid dienone is 1. The molecule has 0 aromatic carbocycles. The van der Waals surface area contributed by atoms with Gasteiger partial charge in [0.2, 0.25) is 0 Å². The van der Waals surface area contributed by atoms with Crippen LogP contribution in [0.3, 0.4) is 0 Å². The summed E-state index contributed by atoms with van der Waals surface area (Å²) in [6.45, 7) is 0. The van der Waals surface area contributed by atoms with Crippen LogP contribution in [0.2, 0.25) is 0 Å². The van der Waals surface area contributed by atoms with Crippen LogP contribution in [0.1, 0.15) is 6.42 Å². The van der Waals surface area contributed by atoms with Gasteiger partial charge >= 0.3 is 106 Å². The van der Waals surface area contributed by atoms with Crippen LogP contribution < -0.4 is 0 Å². The van der Waals surface area contributed by atoms with Crippen LogP contribution in [0.15, 0.2) is 9.86 Å². The normalized spacial score (nSPS) is 18.5. The van der Waals surface area contributed by atoms with Gasteiger partial charge in [-0.05, 0) is 0 Å². The van der Waals surface area contributed by atoms with E-state index in [0.29, 0.717) is 3.21 Å². The van der Waals surface area contributed by atoms with Gasteiger partial charge in [0.15, 0.2) is 0 Å². The van der Waals surface area contributed by atoms with Crippen LogP contribution in [0, 0.1) is 5.92 Å². The Hall–Kier alpha value is -1.14. The molecule has 2 unspecified atom stereocenters. The van der Waals surface area contributed by atoms with Crippen molar-refractivity contribution in [1.29, 1.82) is 0 Å². The second kappa shape index (κ2) is 5.02. The Kier molecular flexibility index (Phi) is 4.11. The zero-order valence-electron chi connectivity index (χ0n) is 8.40. The van der Waals surface area contributed by atoms with E-state index in [0.717, 1.165) is 0 Å². The van der Waals surface area contributed by atoms with Gasteiger partial charge in [0.1, 0.15) is 0 Å². The number of aliphatic carboxylic acids is 3. The van der Waals surface area contributed by atoms with Crippen molar-refractivity contribution in [2.45, 2.75) is 12.0 Å². The summed E-state index contributed by atoms with van der Waals surface area (Å²) in [5.41, 5.74) is -2.79. The van der Waals surface area contributed by atoms with Gasteiger partial charge in [-0.15, -0.1) is 0 Å². The van der Waals surface area contributed by atoms with Crippen LogP contribution in [0.25, 0.3) is 0 Å². The molecule has 0 amide bonds. The molecule has 1 heterocycles. The first kappa shape index (κ1) is 13.9. The number of carbonyl (C=O) groups is 3. The maximum atomic E-state index is 11.0. The Morgan fingerprint density at radius 1 is 1.29 bits per heavy atom. The summed E-state index contributed by atoms with van der Waals surface area (Å²) in [4.78, 5) is 32.5. The van der Waals surface area contributed by atoms with E-state index in [2.05, 4.69) is 0 Å². The first-order valence-electron chi connectivity index (χ1n) is 4.43. The van der Waals surface area contributed by atoms with Crippen LogP contribution >= 0.6 is 0 Å². The monoisotopic (exact) mass is 438 g/mol. The molecule has 7 nitrogen and oxygen atoms in total. The van der Waals surface area contributed by atoms with Crippen molar-refractivity contribution < 1.29 is 34.8 Å². The molecule has 1 rings (SSSR count). The average Bonchev–Trinajstić information content (AvgIpc) is 2.08. The minimum absolute atomic E-state index is 0.378. The molecular weight excluding hydrogens is 429 g/mol. The maximum absolute atomic E-state index is 11.0. The van der Waals surface area contributed by atoms with Gasteiger partial charge in [-0.1, -0.05) is 0 Å². The van der Waals surface area contributed by atoms with Gasteiger partial charge in [-0.3, -0.25) is 0 Å². The second-order valence-corrected chi connectivity index (χ2v) is 7.61. The van der Waals surface area contributed by atoms with E-state index in [1.807, 2.05) is 0 Å². The van der Waals surface area contributed by atoms with Crippen molar-refractivity contribution >= 4 is 43.9 Å². The number of rotatable bonds is 6. The van der Waals surface area contributed by atoms with Crippen molar-refractivity contribution in [3.8, 4) is 0 Å². The molecule has 92 valence electrons. The van der Waals surface area contributed by atoms with Gasteiger partial charge < -0.3 is 0 Å². The summed E-state index contributed by atoms with van der Waals surface area (Å²) in [5.74, 6) is -6.57. The van der Waals surface area contributed by atoms with E-state index in [-0.39, 0.29) is 0 Å². The van der Waals surface area contributed by atoms with Crippen LogP contribution in [0.4, 0.5) is 0 Å². The molecule has 0 saturated carbocycles. The minimum atomic E-state index is -2.79. The molecule has 0 radical (unpaired) electrons. The third-order valence-electron chi connectivity index (χ3n) is 2.28. The molecule has 17 heavy (non-hydrogen) atoms. The topological polar surface area (TPSA) is 132 Å². The zero-order valence-corrected chi connectivity index (χ0v) is 11.9. The summed E-state index contributed by atoms with van der Waals surface area (Å²) >= 11 is -1.34. The molecule has 0 bridgehead atoms. The van der Waals surface area contributed by atoms with Crippen LogP contribution in [-0.2, 0) is 14.4 Å². The molecule has 0 spiro atoms. The Bertz CT molecular complexity index is 439. The molecule has 0 aromatic rings. The number of hydrogen-bond donors (Lipinski definition) is 4. The van der Waals surface area contributed by atoms with Gasteiger partial charge in [0.05, 0.1) is 0 Å². The molecule has 2 atom stereocenters. The van der Waals surface area contributed by atoms with E-state index >= 15 is 0 Å². The summed E-state index contributed by atoms with van der Waals surface area (Å²) in [7, 11) is 0. The van der Waals surface area contributed by atoms with Gasteiger partial charge in [-0.25, -0.2) is 0 Å². The summed E-state index contributed by atoms with van der Waals surface area (Å²) in [6.07, 6.45) is 0.309. The van der Waals surface area contributed by atoms with Gasteiger partial charge in [-0.2, -0.15) is 0 Å². The number of aliphatic hydroxyl groups is 1. The quantitative estimate of drug-likeness (QED) is 0.367. The van der Waals surface area contributed by atoms with Crippen molar-refractivity contribution in [2.24, 2.45) is 5.92 Å². The molecule has 0 aliphatic carbocycles. The second-order valence-electron chi connectivity index (χ2n) is 3.44. The molecule has 0 fully saturated rings. The fourth-order valence-electron chi connectivity index (χ4n) is 1.44. The summed E-state index contributed by atoms with van der Waals surface area (Å²) in [6, 6.07) is 0. The predicted molar refractivity (Wildman–Crippen MR) is 55.9 cm³/mol. The Balaban J connectivity index is 3.13. The Morgan fingerprint density at radius 2 is 1.82 bits per heavy atom. The molecular formula is C9H9BiO7. The first-order valence-corrected chi connectivity index (χ1v) is 8.18. The standard InChI is InChI=1S/C9H9O7.Bi/c1-2-3-5(7(12)13)9(16,8(14)15)4-6(10)11;/h1-2,5,16H,4H2,(H,10,11)(H,12,13)(H,14,15);. The molecule has 8 heteroatoms. The fourth-order valence-corrected chi connectivity index (χ4v) is 4.53. The molecule has 1 aliphatic heterocycles. The third-order valence-corrected chi connectivity index (χ3v) is 6.18. The summed E-state index contributed by atoms with van der Waals surface area (Å²) < 4.78 is 2.15. The van der Waals surface area contributed by atoms with Gasteiger partial charge in [0, 0.05) is 0 Å². The van der Waals surface area contributed by atoms with Crippen LogP contribution in [-0.4, -0.2) is 69.9 Å². The van der Waals surface area contributed by atoms with E-state index in [1.54, 1.807) is 3.78 Å². The third kappa shape index (κ3) is 2.76. The van der Waals surface area contributed by atoms with Crippen molar-refractivity contribution in [2.75, 3.05) is 0 Å². The van der Waals surface area contributed by atoms with E-state index < -0.39 is 58.6 Å². The number of carboxylic acid groups (broad SMARTS) is 3. The van der Waals surface area contributed by atoms with E-state index in [1.165, 1.54) is 6.08 Å². The first-order chi connectivity index (χ1) is 7.79. The van der Waals surface area contributed by atoms with Crippen molar-refractivity contribution in [3.05, 3.63) is 9.86 Å². The van der Waals surface area contributed by atoms with Crippen molar-refractivity contribution in [3.63, 3.8) is 0 Å². The molecule has 0 saturated heterocycles. The predicted octanol–water partition coefficient (Wildman–Crippen LogP) is -1.62. The summed E-state index contributed by atoms with van der Waals surface area (Å²) in [5, 5.41) is 36.2. The Morgan fingerprint density at radius 3 is 2.06 bits per heavy atom. The number of hydrogen-bond acceptors (Lipinski definition) is 4. The van der Waals surface area contributed by atoms with E-state index in [4.69, 9.17) is 15.3 Å². The van der Waals surface area contributed by atoms with Crippen molar-refractivity contribution in [1.82, 2.24) is 0 Å². The SMILES string of the molecule is O=C(O)CC(O)(C(=O)O)C(C(=O)O)[C]1=[Bi][CH]=C1. The fraction of sp³-hybridized carbons (Fsp3) is 0.333. The average molecular weight is 438 g/mol. The molecule has 0 aromatic heterocycles. The zero-order chi connectivity index (χ0) is 13.2. The van der Waals surface area contributed by atoms with E-state index in [9.17, 15) is 19.5 Å².